The van der Waals surface area contributed by atoms with Gasteiger partial charge in [-0.05, 0) is 58.7 Å². The largest absolute Gasteiger partial charge is 0.436 e. The number of aromatic nitrogens is 1. The Morgan fingerprint density at radius 2 is 2.05 bits per heavy atom. The van der Waals surface area contributed by atoms with E-state index in [0.717, 1.165) is 26.7 Å². The van der Waals surface area contributed by atoms with Gasteiger partial charge < -0.3 is 10.2 Å². The van der Waals surface area contributed by atoms with Gasteiger partial charge in [-0.15, -0.1) is 0 Å². The van der Waals surface area contributed by atoms with Crippen molar-refractivity contribution in [3.63, 3.8) is 0 Å². The fourth-order valence-electron chi connectivity index (χ4n) is 1.98. The van der Waals surface area contributed by atoms with Crippen LogP contribution in [0.5, 0.6) is 0 Å². The monoisotopic (exact) mass is 336 g/mol. The minimum absolute atomic E-state index is 0.557. The van der Waals surface area contributed by atoms with Crippen LogP contribution in [0.3, 0.4) is 0 Å². The van der Waals surface area contributed by atoms with Crippen LogP contribution in [-0.4, -0.2) is 4.98 Å². The van der Waals surface area contributed by atoms with Crippen LogP contribution in [0.25, 0.3) is 22.6 Å². The molecule has 0 radical (unpaired) electrons. The highest BCUT2D eigenvalue weighted by atomic mass is 79.9. The van der Waals surface area contributed by atoms with Gasteiger partial charge in [-0.1, -0.05) is 11.6 Å². The van der Waals surface area contributed by atoms with Gasteiger partial charge >= 0.3 is 0 Å². The lowest BCUT2D eigenvalue weighted by Gasteiger charge is -1.98. The third-order valence-electron chi connectivity index (χ3n) is 2.86. The number of aryl methyl sites for hydroxylation is 1. The minimum Gasteiger partial charge on any atom is -0.436 e. The molecule has 2 aromatic carbocycles. The molecule has 19 heavy (non-hydrogen) atoms. The van der Waals surface area contributed by atoms with Gasteiger partial charge in [0.15, 0.2) is 5.58 Å². The van der Waals surface area contributed by atoms with Crippen molar-refractivity contribution in [1.82, 2.24) is 4.98 Å². The molecular weight excluding hydrogens is 328 g/mol. The summed E-state index contributed by atoms with van der Waals surface area (Å²) in [6.45, 7) is 1.95. The zero-order valence-corrected chi connectivity index (χ0v) is 12.4. The number of hydrogen-bond acceptors (Lipinski definition) is 3. The van der Waals surface area contributed by atoms with Crippen molar-refractivity contribution in [2.24, 2.45) is 0 Å². The van der Waals surface area contributed by atoms with E-state index in [9.17, 15) is 0 Å². The molecule has 96 valence electrons. The average Bonchev–Trinajstić information content (AvgIpc) is 2.76. The standard InChI is InChI=1S/C14H10BrClN2O/c1-7-4-9(17)6-12-13(7)19-14(18-12)8-2-3-11(16)10(15)5-8/h2-6H,17H2,1H3. The quantitative estimate of drug-likeness (QED) is 0.649. The number of fused-ring (bicyclic) bond motifs is 1. The molecule has 1 aromatic heterocycles. The molecule has 0 unspecified atom stereocenters. The van der Waals surface area contributed by atoms with Gasteiger partial charge in [0.25, 0.3) is 0 Å². The molecule has 0 spiro atoms. The Morgan fingerprint density at radius 3 is 2.79 bits per heavy atom. The first-order valence-corrected chi connectivity index (χ1v) is 6.84. The molecule has 0 saturated carbocycles. The number of hydrogen-bond donors (Lipinski definition) is 1. The van der Waals surface area contributed by atoms with E-state index in [1.807, 2.05) is 25.1 Å². The Hall–Kier alpha value is -1.52. The molecule has 2 N–H and O–H groups in total. The normalized spacial score (nSPS) is 11.1. The van der Waals surface area contributed by atoms with Crippen LogP contribution >= 0.6 is 27.5 Å². The van der Waals surface area contributed by atoms with Crippen molar-refractivity contribution in [1.29, 1.82) is 0 Å². The summed E-state index contributed by atoms with van der Waals surface area (Å²) in [4.78, 5) is 4.46. The van der Waals surface area contributed by atoms with E-state index in [2.05, 4.69) is 20.9 Å². The van der Waals surface area contributed by atoms with Crippen molar-refractivity contribution in [2.75, 3.05) is 5.73 Å². The third kappa shape index (κ3) is 2.22. The van der Waals surface area contributed by atoms with E-state index in [0.29, 0.717) is 16.6 Å². The molecule has 0 atom stereocenters. The van der Waals surface area contributed by atoms with Gasteiger partial charge in [-0.25, -0.2) is 4.98 Å². The number of rotatable bonds is 1. The number of benzene rings is 2. The summed E-state index contributed by atoms with van der Waals surface area (Å²) in [6.07, 6.45) is 0. The highest BCUT2D eigenvalue weighted by Crippen LogP contribution is 2.31. The minimum atomic E-state index is 0.557. The van der Waals surface area contributed by atoms with Crippen LogP contribution in [0.1, 0.15) is 5.56 Å². The third-order valence-corrected chi connectivity index (χ3v) is 4.08. The summed E-state index contributed by atoms with van der Waals surface area (Å²) in [6, 6.07) is 9.23. The Balaban J connectivity index is 2.20. The van der Waals surface area contributed by atoms with E-state index in [4.69, 9.17) is 21.8 Å². The van der Waals surface area contributed by atoms with Gasteiger partial charge in [-0.2, -0.15) is 0 Å². The second-order valence-corrected chi connectivity index (χ2v) is 5.60. The molecule has 0 aliphatic carbocycles. The summed E-state index contributed by atoms with van der Waals surface area (Å²) in [5, 5.41) is 0.653. The zero-order chi connectivity index (χ0) is 13.6. The van der Waals surface area contributed by atoms with Crippen LogP contribution in [0.15, 0.2) is 39.2 Å². The number of anilines is 1. The van der Waals surface area contributed by atoms with E-state index in [-0.39, 0.29) is 0 Å². The first-order valence-electron chi connectivity index (χ1n) is 5.66. The maximum atomic E-state index is 5.98. The second-order valence-electron chi connectivity index (χ2n) is 4.33. The van der Waals surface area contributed by atoms with Crippen molar-refractivity contribution < 1.29 is 4.42 Å². The van der Waals surface area contributed by atoms with E-state index in [1.54, 1.807) is 12.1 Å². The first kappa shape index (κ1) is 12.5. The van der Waals surface area contributed by atoms with Gasteiger partial charge in [0.05, 0.1) is 5.02 Å². The molecule has 3 aromatic rings. The van der Waals surface area contributed by atoms with Crippen LogP contribution in [-0.2, 0) is 0 Å². The molecule has 5 heteroatoms. The molecule has 3 nitrogen and oxygen atoms in total. The lowest BCUT2D eigenvalue weighted by molar-refractivity contribution is 0.617. The predicted molar refractivity (Wildman–Crippen MR) is 81.3 cm³/mol. The Morgan fingerprint density at radius 1 is 1.26 bits per heavy atom. The number of oxazole rings is 1. The first-order chi connectivity index (χ1) is 9.04. The Bertz CT molecular complexity index is 782. The lowest BCUT2D eigenvalue weighted by atomic mass is 10.2. The molecular formula is C14H10BrClN2O. The molecule has 0 aliphatic rings. The summed E-state index contributed by atoms with van der Waals surface area (Å²) >= 11 is 9.37. The van der Waals surface area contributed by atoms with Crippen molar-refractivity contribution in [2.45, 2.75) is 6.92 Å². The van der Waals surface area contributed by atoms with E-state index in [1.165, 1.54) is 0 Å². The average molecular weight is 338 g/mol. The topological polar surface area (TPSA) is 52.0 Å². The van der Waals surface area contributed by atoms with Crippen molar-refractivity contribution >= 4 is 44.3 Å². The molecule has 0 amide bonds. The van der Waals surface area contributed by atoms with Crippen molar-refractivity contribution in [3.8, 4) is 11.5 Å². The number of nitrogens with two attached hydrogens (primary N) is 1. The van der Waals surface area contributed by atoms with E-state index < -0.39 is 0 Å². The summed E-state index contributed by atoms with van der Waals surface area (Å²) in [5.74, 6) is 0.557. The number of nitrogens with zero attached hydrogens (tertiary/aromatic N) is 1. The highest BCUT2D eigenvalue weighted by Gasteiger charge is 2.11. The van der Waals surface area contributed by atoms with Crippen LogP contribution < -0.4 is 5.73 Å². The van der Waals surface area contributed by atoms with Crippen molar-refractivity contribution in [3.05, 3.63) is 45.4 Å². The molecule has 0 saturated heterocycles. The summed E-state index contributed by atoms with van der Waals surface area (Å²) in [7, 11) is 0. The van der Waals surface area contributed by atoms with Gasteiger partial charge in [0.2, 0.25) is 5.89 Å². The Kier molecular flexibility index (Phi) is 2.99. The fourth-order valence-corrected chi connectivity index (χ4v) is 2.48. The maximum Gasteiger partial charge on any atom is 0.227 e. The summed E-state index contributed by atoms with van der Waals surface area (Å²) < 4.78 is 6.61. The molecule has 1 heterocycles. The van der Waals surface area contributed by atoms with Crippen LogP contribution in [0.2, 0.25) is 5.02 Å². The fraction of sp³-hybridized carbons (Fsp3) is 0.0714. The lowest BCUT2D eigenvalue weighted by Crippen LogP contribution is -1.85. The molecule has 0 fully saturated rings. The number of halogens is 2. The zero-order valence-electron chi connectivity index (χ0n) is 10.1. The van der Waals surface area contributed by atoms with Crippen LogP contribution in [0, 0.1) is 6.92 Å². The SMILES string of the molecule is Cc1cc(N)cc2nc(-c3ccc(Cl)c(Br)c3)oc12. The van der Waals surface area contributed by atoms with E-state index >= 15 is 0 Å². The molecule has 0 aliphatic heterocycles. The second kappa shape index (κ2) is 4.54. The van der Waals surface area contributed by atoms with Crippen LogP contribution in [0.4, 0.5) is 5.69 Å². The van der Waals surface area contributed by atoms with Gasteiger partial charge in [0.1, 0.15) is 5.52 Å². The number of nitrogen functional groups attached to an aromatic ring is 1. The van der Waals surface area contributed by atoms with Gasteiger partial charge in [-0.3, -0.25) is 0 Å². The highest BCUT2D eigenvalue weighted by molar-refractivity contribution is 9.10. The smallest absolute Gasteiger partial charge is 0.227 e. The predicted octanol–water partition coefficient (Wildman–Crippen LogP) is 4.80. The summed E-state index contributed by atoms with van der Waals surface area (Å²) in [5.41, 5.74) is 9.85. The Labute approximate surface area is 123 Å². The maximum absolute atomic E-state index is 5.98. The molecule has 0 bridgehead atoms. The molecule has 3 rings (SSSR count). The van der Waals surface area contributed by atoms with Gasteiger partial charge in [0, 0.05) is 15.7 Å².